The Morgan fingerprint density at radius 1 is 0.650 bits per heavy atom. The van der Waals surface area contributed by atoms with Crippen molar-refractivity contribution < 1.29 is 0 Å². The Kier molecular flexibility index (Phi) is 2.38. The standard InChI is InChI=1S/C20H30/c1-11-7-9-13-17(19(13,3)4)15(11)16-12(2)8-10-14-18(16)20(14,5)6/h11-14H,7-10H2,1-6H3. The summed E-state index contributed by atoms with van der Waals surface area (Å²) in [6.07, 6.45) is 5.72. The summed E-state index contributed by atoms with van der Waals surface area (Å²) in [6, 6.07) is 0. The first kappa shape index (κ1) is 13.2. The van der Waals surface area contributed by atoms with Gasteiger partial charge in [-0.05, 0) is 71.3 Å². The van der Waals surface area contributed by atoms with Gasteiger partial charge in [-0.15, -0.1) is 0 Å². The number of allylic oxidation sites excluding steroid dienone is 4. The van der Waals surface area contributed by atoms with Crippen molar-refractivity contribution in [2.24, 2.45) is 34.5 Å². The Morgan fingerprint density at radius 3 is 1.35 bits per heavy atom. The van der Waals surface area contributed by atoms with Crippen LogP contribution in [-0.2, 0) is 0 Å². The van der Waals surface area contributed by atoms with Crippen LogP contribution in [0.5, 0.6) is 0 Å². The van der Waals surface area contributed by atoms with Gasteiger partial charge in [0, 0.05) is 0 Å². The minimum absolute atomic E-state index is 0.513. The largest absolute Gasteiger partial charge is 0.0584 e. The average Bonchev–Trinajstić information content (AvgIpc) is 3.12. The summed E-state index contributed by atoms with van der Waals surface area (Å²) in [6.45, 7) is 14.9. The summed E-state index contributed by atoms with van der Waals surface area (Å²) >= 11 is 0. The van der Waals surface area contributed by atoms with Gasteiger partial charge in [-0.3, -0.25) is 0 Å². The molecule has 0 amide bonds. The molecule has 0 heteroatoms. The number of fused-ring (bicyclic) bond motifs is 2. The molecule has 4 atom stereocenters. The van der Waals surface area contributed by atoms with Gasteiger partial charge in [0.1, 0.15) is 0 Å². The fourth-order valence-electron chi connectivity index (χ4n) is 5.83. The van der Waals surface area contributed by atoms with E-state index in [-0.39, 0.29) is 0 Å². The van der Waals surface area contributed by atoms with Crippen LogP contribution >= 0.6 is 0 Å². The van der Waals surface area contributed by atoms with Crippen LogP contribution in [0, 0.1) is 34.5 Å². The zero-order valence-corrected chi connectivity index (χ0v) is 14.1. The fraction of sp³-hybridized carbons (Fsp3) is 0.800. The lowest BCUT2D eigenvalue weighted by atomic mass is 9.76. The van der Waals surface area contributed by atoms with Crippen molar-refractivity contribution in [2.75, 3.05) is 0 Å². The normalized spacial score (nSPS) is 44.1. The first-order chi connectivity index (χ1) is 9.28. The van der Waals surface area contributed by atoms with E-state index in [0.717, 1.165) is 23.7 Å². The first-order valence-corrected chi connectivity index (χ1v) is 8.77. The fourth-order valence-corrected chi connectivity index (χ4v) is 5.83. The quantitative estimate of drug-likeness (QED) is 0.569. The Labute approximate surface area is 124 Å². The van der Waals surface area contributed by atoms with Crippen molar-refractivity contribution in [1.82, 2.24) is 0 Å². The maximum absolute atomic E-state index is 2.49. The average molecular weight is 270 g/mol. The SMILES string of the molecule is CC1CCC2C(=C1C1=C3C(CCC1C)C3(C)C)C2(C)C. The molecule has 0 heterocycles. The highest BCUT2D eigenvalue weighted by molar-refractivity contribution is 5.58. The highest BCUT2D eigenvalue weighted by Gasteiger charge is 2.60. The summed E-state index contributed by atoms with van der Waals surface area (Å²) in [7, 11) is 0. The van der Waals surface area contributed by atoms with Crippen LogP contribution in [0.25, 0.3) is 0 Å². The Morgan fingerprint density at radius 2 is 1.00 bits per heavy atom. The van der Waals surface area contributed by atoms with Crippen LogP contribution in [0.2, 0.25) is 0 Å². The zero-order chi connectivity index (χ0) is 14.4. The van der Waals surface area contributed by atoms with Crippen LogP contribution in [0.3, 0.4) is 0 Å². The van der Waals surface area contributed by atoms with Gasteiger partial charge in [-0.1, -0.05) is 52.7 Å². The van der Waals surface area contributed by atoms with E-state index >= 15 is 0 Å². The molecule has 0 radical (unpaired) electrons. The van der Waals surface area contributed by atoms with Crippen LogP contribution in [-0.4, -0.2) is 0 Å². The molecule has 0 spiro atoms. The second-order valence-electron chi connectivity index (χ2n) is 9.16. The van der Waals surface area contributed by atoms with Gasteiger partial charge in [0.2, 0.25) is 0 Å². The Balaban J connectivity index is 1.88. The molecule has 0 bridgehead atoms. The summed E-state index contributed by atoms with van der Waals surface area (Å²) < 4.78 is 0. The highest BCUT2D eigenvalue weighted by atomic mass is 14.6. The second kappa shape index (κ2) is 3.62. The molecule has 2 saturated carbocycles. The van der Waals surface area contributed by atoms with E-state index in [9.17, 15) is 0 Å². The number of rotatable bonds is 1. The van der Waals surface area contributed by atoms with Crippen LogP contribution in [0.15, 0.2) is 22.3 Å². The first-order valence-electron chi connectivity index (χ1n) is 8.77. The molecule has 0 N–H and O–H groups in total. The predicted octanol–water partition coefficient (Wildman–Crippen LogP) is 5.75. The summed E-state index contributed by atoms with van der Waals surface area (Å²) in [5, 5.41) is 0. The lowest BCUT2D eigenvalue weighted by Crippen LogP contribution is -2.15. The van der Waals surface area contributed by atoms with Crippen molar-refractivity contribution in [3.05, 3.63) is 22.3 Å². The van der Waals surface area contributed by atoms with Gasteiger partial charge in [0.25, 0.3) is 0 Å². The van der Waals surface area contributed by atoms with Crippen LogP contribution in [0.1, 0.15) is 67.2 Å². The van der Waals surface area contributed by atoms with E-state index in [4.69, 9.17) is 0 Å². The molecule has 2 fully saturated rings. The third kappa shape index (κ3) is 1.44. The third-order valence-electron chi connectivity index (χ3n) is 7.29. The van der Waals surface area contributed by atoms with Gasteiger partial charge in [0.05, 0.1) is 0 Å². The maximum Gasteiger partial charge on any atom is -0.00697 e. The molecule has 20 heavy (non-hydrogen) atoms. The summed E-state index contributed by atoms with van der Waals surface area (Å²) in [4.78, 5) is 0. The maximum atomic E-state index is 2.49. The van der Waals surface area contributed by atoms with Crippen molar-refractivity contribution in [3.63, 3.8) is 0 Å². The molecule has 0 aliphatic heterocycles. The zero-order valence-electron chi connectivity index (χ0n) is 14.1. The Hall–Kier alpha value is -0.520. The van der Waals surface area contributed by atoms with E-state index < -0.39 is 0 Å². The van der Waals surface area contributed by atoms with Gasteiger partial charge in [0.15, 0.2) is 0 Å². The molecule has 0 saturated heterocycles. The number of hydrogen-bond acceptors (Lipinski definition) is 0. The molecule has 0 aromatic carbocycles. The number of hydrogen-bond donors (Lipinski definition) is 0. The van der Waals surface area contributed by atoms with Crippen molar-refractivity contribution in [3.8, 4) is 0 Å². The smallest absolute Gasteiger partial charge is 0.00697 e. The van der Waals surface area contributed by atoms with E-state index in [1.807, 2.05) is 22.3 Å². The van der Waals surface area contributed by atoms with Gasteiger partial charge < -0.3 is 0 Å². The van der Waals surface area contributed by atoms with E-state index in [1.165, 1.54) is 25.7 Å². The summed E-state index contributed by atoms with van der Waals surface area (Å²) in [5.74, 6) is 3.44. The van der Waals surface area contributed by atoms with Crippen LogP contribution in [0.4, 0.5) is 0 Å². The summed E-state index contributed by atoms with van der Waals surface area (Å²) in [5.41, 5.74) is 8.41. The van der Waals surface area contributed by atoms with Gasteiger partial charge in [-0.2, -0.15) is 0 Å². The molecule has 4 aliphatic carbocycles. The van der Waals surface area contributed by atoms with Gasteiger partial charge in [-0.25, -0.2) is 0 Å². The lowest BCUT2D eigenvalue weighted by molar-refractivity contribution is 0.458. The minimum Gasteiger partial charge on any atom is -0.0584 e. The minimum atomic E-state index is 0.513. The topological polar surface area (TPSA) is 0 Å². The Bertz CT molecular complexity index is 490. The molecule has 0 aromatic rings. The van der Waals surface area contributed by atoms with E-state index in [1.54, 1.807) is 0 Å². The van der Waals surface area contributed by atoms with Gasteiger partial charge >= 0.3 is 0 Å². The van der Waals surface area contributed by atoms with E-state index in [2.05, 4.69) is 41.5 Å². The van der Waals surface area contributed by atoms with E-state index in [0.29, 0.717) is 10.8 Å². The molecule has 4 rings (SSSR count). The van der Waals surface area contributed by atoms with Crippen molar-refractivity contribution in [2.45, 2.75) is 67.2 Å². The van der Waals surface area contributed by atoms with Crippen molar-refractivity contribution in [1.29, 1.82) is 0 Å². The molecular weight excluding hydrogens is 240 g/mol. The molecule has 4 unspecified atom stereocenters. The third-order valence-corrected chi connectivity index (χ3v) is 7.29. The molecule has 4 aliphatic rings. The highest BCUT2D eigenvalue weighted by Crippen LogP contribution is 2.71. The monoisotopic (exact) mass is 270 g/mol. The molecule has 0 nitrogen and oxygen atoms in total. The lowest BCUT2D eigenvalue weighted by Gasteiger charge is -2.28. The van der Waals surface area contributed by atoms with Crippen LogP contribution < -0.4 is 0 Å². The van der Waals surface area contributed by atoms with Crippen molar-refractivity contribution >= 4 is 0 Å². The second-order valence-corrected chi connectivity index (χ2v) is 9.16. The molecule has 0 aromatic heterocycles. The molecule has 110 valence electrons. The predicted molar refractivity (Wildman–Crippen MR) is 85.4 cm³/mol. The molecular formula is C20H30.